The lowest BCUT2D eigenvalue weighted by molar-refractivity contribution is 0.135. The Morgan fingerprint density at radius 1 is 1.00 bits per heavy atom. The Kier molecular flexibility index (Phi) is 6.11. The van der Waals surface area contributed by atoms with E-state index in [9.17, 15) is 0 Å². The van der Waals surface area contributed by atoms with E-state index in [4.69, 9.17) is 0 Å². The number of likely N-dealkylation sites (N-methyl/N-ethyl adjacent to an activating group) is 1. The van der Waals surface area contributed by atoms with E-state index in [0.717, 1.165) is 12.0 Å². The van der Waals surface area contributed by atoms with Gasteiger partial charge in [-0.1, -0.05) is 13.8 Å². The minimum atomic E-state index is 0.677. The van der Waals surface area contributed by atoms with Crippen molar-refractivity contribution in [1.29, 1.82) is 0 Å². The molecule has 3 unspecified atom stereocenters. The number of nitrogens with one attached hydrogen (secondary N) is 1. The van der Waals surface area contributed by atoms with Crippen LogP contribution in [0.3, 0.4) is 0 Å². The monoisotopic (exact) mass is 267 g/mol. The van der Waals surface area contributed by atoms with Crippen molar-refractivity contribution >= 4 is 0 Å². The van der Waals surface area contributed by atoms with Crippen LogP contribution in [0.4, 0.5) is 0 Å². The Labute approximate surface area is 119 Å². The van der Waals surface area contributed by atoms with Crippen molar-refractivity contribution in [3.8, 4) is 0 Å². The second-order valence-corrected chi connectivity index (χ2v) is 6.48. The summed E-state index contributed by atoms with van der Waals surface area (Å²) in [6.07, 6.45) is 5.53. The third-order valence-corrected chi connectivity index (χ3v) is 5.15. The van der Waals surface area contributed by atoms with Crippen molar-refractivity contribution < 1.29 is 0 Å². The normalized spacial score (nSPS) is 32.4. The maximum absolute atomic E-state index is 3.93. The van der Waals surface area contributed by atoms with E-state index in [-0.39, 0.29) is 0 Å². The van der Waals surface area contributed by atoms with Gasteiger partial charge in [-0.2, -0.15) is 0 Å². The fourth-order valence-electron chi connectivity index (χ4n) is 3.77. The maximum Gasteiger partial charge on any atom is 0.0198 e. The van der Waals surface area contributed by atoms with Crippen LogP contribution in [0.25, 0.3) is 0 Å². The number of likely N-dealkylation sites (tertiary alicyclic amines) is 2. The summed E-state index contributed by atoms with van der Waals surface area (Å²) < 4.78 is 0. The standard InChI is InChI=1S/C16H33N3/c1-4-18-10-6-8-15(12-18)14(3)17-16-9-7-11-19(5-2)13-16/h14-17H,4-13H2,1-3H3. The van der Waals surface area contributed by atoms with Gasteiger partial charge in [0.15, 0.2) is 0 Å². The first kappa shape index (κ1) is 15.3. The Bertz CT molecular complexity index is 256. The number of piperidine rings is 2. The summed E-state index contributed by atoms with van der Waals surface area (Å²) in [5, 5.41) is 3.93. The van der Waals surface area contributed by atoms with Crippen molar-refractivity contribution in [2.75, 3.05) is 39.3 Å². The van der Waals surface area contributed by atoms with Crippen molar-refractivity contribution in [1.82, 2.24) is 15.1 Å². The van der Waals surface area contributed by atoms with E-state index in [2.05, 4.69) is 35.9 Å². The molecule has 0 bridgehead atoms. The molecule has 0 saturated carbocycles. The van der Waals surface area contributed by atoms with Gasteiger partial charge < -0.3 is 15.1 Å². The smallest absolute Gasteiger partial charge is 0.0198 e. The lowest BCUT2D eigenvalue weighted by Gasteiger charge is -2.39. The van der Waals surface area contributed by atoms with Gasteiger partial charge in [-0.15, -0.1) is 0 Å². The maximum atomic E-state index is 3.93. The second kappa shape index (κ2) is 7.61. The SMILES string of the molecule is CCN1CCCC(NC(C)C2CCCN(CC)C2)C1. The molecule has 2 saturated heterocycles. The highest BCUT2D eigenvalue weighted by molar-refractivity contribution is 4.85. The van der Waals surface area contributed by atoms with Gasteiger partial charge in [0.05, 0.1) is 0 Å². The second-order valence-electron chi connectivity index (χ2n) is 6.48. The average molecular weight is 267 g/mol. The molecule has 0 spiro atoms. The minimum absolute atomic E-state index is 0.677. The van der Waals surface area contributed by atoms with E-state index >= 15 is 0 Å². The highest BCUT2D eigenvalue weighted by Crippen LogP contribution is 2.21. The molecule has 0 aliphatic carbocycles. The molecule has 2 aliphatic heterocycles. The number of hydrogen-bond donors (Lipinski definition) is 1. The Morgan fingerprint density at radius 2 is 1.63 bits per heavy atom. The van der Waals surface area contributed by atoms with Crippen LogP contribution < -0.4 is 5.32 Å². The molecule has 0 amide bonds. The van der Waals surface area contributed by atoms with E-state index < -0.39 is 0 Å². The van der Waals surface area contributed by atoms with Crippen molar-refractivity contribution in [3.63, 3.8) is 0 Å². The first-order valence-electron chi connectivity index (χ1n) is 8.43. The lowest BCUT2D eigenvalue weighted by Crippen LogP contribution is -2.52. The van der Waals surface area contributed by atoms with Gasteiger partial charge in [0, 0.05) is 25.2 Å². The third kappa shape index (κ3) is 4.44. The molecule has 0 aromatic heterocycles. The zero-order valence-electron chi connectivity index (χ0n) is 13.2. The molecule has 0 radical (unpaired) electrons. The van der Waals surface area contributed by atoms with Crippen LogP contribution in [0.15, 0.2) is 0 Å². The van der Waals surface area contributed by atoms with E-state index in [1.807, 2.05) is 0 Å². The molecule has 3 atom stereocenters. The Morgan fingerprint density at radius 3 is 2.32 bits per heavy atom. The lowest BCUT2D eigenvalue weighted by atomic mass is 9.90. The summed E-state index contributed by atoms with van der Waals surface area (Å²) in [6, 6.07) is 1.40. The molecule has 3 nitrogen and oxygen atoms in total. The molecule has 2 fully saturated rings. The number of hydrogen-bond acceptors (Lipinski definition) is 3. The quantitative estimate of drug-likeness (QED) is 0.824. The molecular weight excluding hydrogens is 234 g/mol. The van der Waals surface area contributed by atoms with E-state index in [0.29, 0.717) is 6.04 Å². The molecule has 1 N–H and O–H groups in total. The van der Waals surface area contributed by atoms with Gasteiger partial charge in [0.25, 0.3) is 0 Å². The summed E-state index contributed by atoms with van der Waals surface area (Å²) in [5.41, 5.74) is 0. The first-order valence-corrected chi connectivity index (χ1v) is 8.43. The zero-order valence-corrected chi connectivity index (χ0v) is 13.2. The van der Waals surface area contributed by atoms with Crippen molar-refractivity contribution in [2.24, 2.45) is 5.92 Å². The summed E-state index contributed by atoms with van der Waals surface area (Å²) in [6.45, 7) is 14.6. The van der Waals surface area contributed by atoms with Crippen molar-refractivity contribution in [2.45, 2.75) is 58.5 Å². The van der Waals surface area contributed by atoms with E-state index in [1.165, 1.54) is 65.0 Å². The van der Waals surface area contributed by atoms with Gasteiger partial charge in [-0.25, -0.2) is 0 Å². The van der Waals surface area contributed by atoms with Crippen LogP contribution in [0.1, 0.15) is 46.5 Å². The minimum Gasteiger partial charge on any atom is -0.310 e. The van der Waals surface area contributed by atoms with Gasteiger partial charge in [0.2, 0.25) is 0 Å². The van der Waals surface area contributed by atoms with Crippen LogP contribution in [0.5, 0.6) is 0 Å². The van der Waals surface area contributed by atoms with Crippen LogP contribution in [-0.4, -0.2) is 61.2 Å². The number of nitrogens with zero attached hydrogens (tertiary/aromatic N) is 2. The highest BCUT2D eigenvalue weighted by atomic mass is 15.2. The average Bonchev–Trinajstić information content (AvgIpc) is 2.47. The fraction of sp³-hybridized carbons (Fsp3) is 1.00. The van der Waals surface area contributed by atoms with Crippen LogP contribution >= 0.6 is 0 Å². The van der Waals surface area contributed by atoms with Crippen LogP contribution in [0, 0.1) is 5.92 Å². The summed E-state index contributed by atoms with van der Waals surface area (Å²) in [4.78, 5) is 5.21. The van der Waals surface area contributed by atoms with E-state index in [1.54, 1.807) is 0 Å². The molecule has 0 aromatic carbocycles. The molecular formula is C16H33N3. The molecule has 2 aliphatic rings. The largest absolute Gasteiger partial charge is 0.310 e. The topological polar surface area (TPSA) is 18.5 Å². The zero-order chi connectivity index (χ0) is 13.7. The third-order valence-electron chi connectivity index (χ3n) is 5.15. The molecule has 19 heavy (non-hydrogen) atoms. The van der Waals surface area contributed by atoms with Gasteiger partial charge >= 0.3 is 0 Å². The summed E-state index contributed by atoms with van der Waals surface area (Å²) in [7, 11) is 0. The van der Waals surface area contributed by atoms with Crippen LogP contribution in [0.2, 0.25) is 0 Å². The molecule has 3 heteroatoms. The Balaban J connectivity index is 1.77. The number of rotatable bonds is 5. The molecule has 2 heterocycles. The highest BCUT2D eigenvalue weighted by Gasteiger charge is 2.27. The summed E-state index contributed by atoms with van der Waals surface area (Å²) >= 11 is 0. The molecule has 2 rings (SSSR count). The van der Waals surface area contributed by atoms with Gasteiger partial charge in [-0.3, -0.25) is 0 Å². The predicted molar refractivity (Wildman–Crippen MR) is 82.6 cm³/mol. The Hall–Kier alpha value is -0.120. The fourth-order valence-corrected chi connectivity index (χ4v) is 3.77. The van der Waals surface area contributed by atoms with Crippen molar-refractivity contribution in [3.05, 3.63) is 0 Å². The summed E-state index contributed by atoms with van der Waals surface area (Å²) in [5.74, 6) is 0.853. The van der Waals surface area contributed by atoms with Gasteiger partial charge in [-0.05, 0) is 64.7 Å². The molecule has 112 valence electrons. The molecule has 0 aromatic rings. The van der Waals surface area contributed by atoms with Gasteiger partial charge in [0.1, 0.15) is 0 Å². The first-order chi connectivity index (χ1) is 9.22. The predicted octanol–water partition coefficient (Wildman–Crippen LogP) is 2.18. The van der Waals surface area contributed by atoms with Crippen LogP contribution in [-0.2, 0) is 0 Å².